The van der Waals surface area contributed by atoms with Gasteiger partial charge in [-0.2, -0.15) is 0 Å². The van der Waals surface area contributed by atoms with Crippen LogP contribution in [0.3, 0.4) is 0 Å². The Kier molecular flexibility index (Phi) is 3.41. The van der Waals surface area contributed by atoms with Crippen molar-refractivity contribution in [1.29, 1.82) is 10.8 Å². The van der Waals surface area contributed by atoms with Crippen LogP contribution < -0.4 is 11.5 Å². The standard InChI is InChI=1S/C9H10ClN5/c10-5-2-1-3-6(4-5)15-9(14)7(11)8(12)13/h1-4,11H,(H3,12,13)(H2,14,15). The van der Waals surface area contributed by atoms with Crippen LogP contribution in [-0.4, -0.2) is 17.4 Å². The van der Waals surface area contributed by atoms with Gasteiger partial charge in [-0.15, -0.1) is 0 Å². The summed E-state index contributed by atoms with van der Waals surface area (Å²) in [5.74, 6) is -0.525. The third-order valence-corrected chi connectivity index (χ3v) is 1.82. The normalized spacial score (nSPS) is 11.1. The molecule has 0 aromatic heterocycles. The van der Waals surface area contributed by atoms with Crippen molar-refractivity contribution in [1.82, 2.24) is 0 Å². The molecule has 0 spiro atoms. The smallest absolute Gasteiger partial charge is 0.153 e. The van der Waals surface area contributed by atoms with E-state index in [2.05, 4.69) is 4.99 Å². The van der Waals surface area contributed by atoms with Gasteiger partial charge in [0.2, 0.25) is 0 Å². The average Bonchev–Trinajstić information content (AvgIpc) is 2.16. The van der Waals surface area contributed by atoms with E-state index in [-0.39, 0.29) is 11.5 Å². The number of nitrogens with one attached hydrogen (secondary N) is 2. The molecule has 0 atom stereocenters. The third kappa shape index (κ3) is 3.07. The van der Waals surface area contributed by atoms with Crippen LogP contribution in [-0.2, 0) is 0 Å². The van der Waals surface area contributed by atoms with E-state index in [1.807, 2.05) is 0 Å². The van der Waals surface area contributed by atoms with Gasteiger partial charge in [0.05, 0.1) is 5.69 Å². The van der Waals surface area contributed by atoms with E-state index in [1.54, 1.807) is 24.3 Å². The minimum absolute atomic E-state index is 0.107. The van der Waals surface area contributed by atoms with Gasteiger partial charge in [0.25, 0.3) is 0 Å². The molecule has 0 aliphatic carbocycles. The van der Waals surface area contributed by atoms with Crippen LogP contribution in [0.25, 0.3) is 0 Å². The highest BCUT2D eigenvalue weighted by atomic mass is 35.5. The summed E-state index contributed by atoms with van der Waals surface area (Å²) in [5.41, 5.74) is 10.8. The lowest BCUT2D eigenvalue weighted by Crippen LogP contribution is -2.34. The molecule has 0 aliphatic heterocycles. The van der Waals surface area contributed by atoms with Crippen LogP contribution in [0.15, 0.2) is 29.3 Å². The van der Waals surface area contributed by atoms with Crippen molar-refractivity contribution in [2.45, 2.75) is 0 Å². The van der Waals surface area contributed by atoms with Gasteiger partial charge in [-0.05, 0) is 18.2 Å². The zero-order chi connectivity index (χ0) is 11.4. The fraction of sp³-hybridized carbons (Fsp3) is 0. The van der Waals surface area contributed by atoms with Crippen molar-refractivity contribution in [2.75, 3.05) is 0 Å². The number of rotatable bonds is 3. The zero-order valence-corrected chi connectivity index (χ0v) is 8.55. The van der Waals surface area contributed by atoms with Gasteiger partial charge < -0.3 is 11.5 Å². The molecule has 78 valence electrons. The number of hydrogen-bond acceptors (Lipinski definition) is 3. The second-order valence-electron chi connectivity index (χ2n) is 2.77. The summed E-state index contributed by atoms with van der Waals surface area (Å²) in [6.45, 7) is 0. The Morgan fingerprint density at radius 1 is 1.27 bits per heavy atom. The van der Waals surface area contributed by atoms with E-state index >= 15 is 0 Å². The van der Waals surface area contributed by atoms with Crippen LogP contribution in [0.1, 0.15) is 0 Å². The number of halogens is 1. The van der Waals surface area contributed by atoms with Gasteiger partial charge >= 0.3 is 0 Å². The zero-order valence-electron chi connectivity index (χ0n) is 7.79. The number of amidine groups is 2. The maximum atomic E-state index is 7.31. The molecule has 0 radical (unpaired) electrons. The molecule has 0 fully saturated rings. The molecule has 0 unspecified atom stereocenters. The largest absolute Gasteiger partial charge is 0.382 e. The maximum Gasteiger partial charge on any atom is 0.153 e. The predicted octanol–water partition coefficient (Wildman–Crippen LogP) is 1.28. The summed E-state index contributed by atoms with van der Waals surface area (Å²) >= 11 is 5.74. The Morgan fingerprint density at radius 3 is 2.47 bits per heavy atom. The van der Waals surface area contributed by atoms with E-state index in [4.69, 9.17) is 33.9 Å². The van der Waals surface area contributed by atoms with E-state index in [1.165, 1.54) is 0 Å². The fourth-order valence-corrected chi connectivity index (χ4v) is 1.06. The first kappa shape index (κ1) is 11.2. The highest BCUT2D eigenvalue weighted by molar-refractivity contribution is 6.65. The molecule has 0 saturated heterocycles. The Labute approximate surface area is 91.8 Å². The quantitative estimate of drug-likeness (QED) is 0.457. The van der Waals surface area contributed by atoms with Crippen molar-refractivity contribution in [3.05, 3.63) is 29.3 Å². The molecule has 1 aromatic carbocycles. The van der Waals surface area contributed by atoms with Gasteiger partial charge in [-0.1, -0.05) is 17.7 Å². The Morgan fingerprint density at radius 2 is 1.93 bits per heavy atom. The summed E-state index contributed by atoms with van der Waals surface area (Å²) in [7, 11) is 0. The predicted molar refractivity (Wildman–Crippen MR) is 62.4 cm³/mol. The van der Waals surface area contributed by atoms with Gasteiger partial charge in [-0.3, -0.25) is 10.8 Å². The summed E-state index contributed by atoms with van der Waals surface area (Å²) in [6, 6.07) is 6.70. The monoisotopic (exact) mass is 223 g/mol. The van der Waals surface area contributed by atoms with Gasteiger partial charge in [0.15, 0.2) is 5.84 Å². The molecule has 6 heteroatoms. The molecule has 5 nitrogen and oxygen atoms in total. The van der Waals surface area contributed by atoms with Crippen LogP contribution in [0.2, 0.25) is 5.02 Å². The minimum Gasteiger partial charge on any atom is -0.382 e. The first-order chi connectivity index (χ1) is 7.00. The molecule has 6 N–H and O–H groups in total. The minimum atomic E-state index is -0.418. The third-order valence-electron chi connectivity index (χ3n) is 1.58. The fourth-order valence-electron chi connectivity index (χ4n) is 0.879. The number of benzene rings is 1. The van der Waals surface area contributed by atoms with Gasteiger partial charge in [0, 0.05) is 5.02 Å². The SMILES string of the molecule is N=C(N)C(=N)C(N)=Nc1cccc(Cl)c1. The van der Waals surface area contributed by atoms with Crippen LogP contribution in [0, 0.1) is 10.8 Å². The number of hydrogen-bond donors (Lipinski definition) is 4. The summed E-state index contributed by atoms with van der Waals surface area (Å²) in [6.07, 6.45) is 0. The number of nitrogens with zero attached hydrogens (tertiary/aromatic N) is 1. The Balaban J connectivity index is 2.97. The first-order valence-electron chi connectivity index (χ1n) is 4.03. The lowest BCUT2D eigenvalue weighted by atomic mass is 10.3. The average molecular weight is 224 g/mol. The highest BCUT2D eigenvalue weighted by Crippen LogP contribution is 2.17. The Hall–Kier alpha value is -1.88. The highest BCUT2D eigenvalue weighted by Gasteiger charge is 2.05. The van der Waals surface area contributed by atoms with Crippen molar-refractivity contribution in [2.24, 2.45) is 16.5 Å². The maximum absolute atomic E-state index is 7.31. The lowest BCUT2D eigenvalue weighted by molar-refractivity contribution is 1.43. The molecule has 0 aliphatic rings. The molecular weight excluding hydrogens is 214 g/mol. The van der Waals surface area contributed by atoms with Crippen molar-refractivity contribution < 1.29 is 0 Å². The first-order valence-corrected chi connectivity index (χ1v) is 4.41. The second kappa shape index (κ2) is 4.56. The Bertz CT molecular complexity index is 438. The van der Waals surface area contributed by atoms with Crippen LogP contribution in [0.4, 0.5) is 5.69 Å². The van der Waals surface area contributed by atoms with Gasteiger partial charge in [-0.25, -0.2) is 4.99 Å². The van der Waals surface area contributed by atoms with E-state index in [0.717, 1.165) is 0 Å². The van der Waals surface area contributed by atoms with Crippen LogP contribution in [0.5, 0.6) is 0 Å². The summed E-state index contributed by atoms with van der Waals surface area (Å²) in [4.78, 5) is 3.91. The molecule has 0 heterocycles. The number of nitrogens with two attached hydrogens (primary N) is 2. The van der Waals surface area contributed by atoms with E-state index < -0.39 is 5.84 Å². The van der Waals surface area contributed by atoms with E-state index in [0.29, 0.717) is 10.7 Å². The van der Waals surface area contributed by atoms with E-state index in [9.17, 15) is 0 Å². The molecule has 1 aromatic rings. The summed E-state index contributed by atoms with van der Waals surface area (Å²) < 4.78 is 0. The summed E-state index contributed by atoms with van der Waals surface area (Å²) in [5, 5.41) is 14.8. The molecule has 0 bridgehead atoms. The molecule has 15 heavy (non-hydrogen) atoms. The van der Waals surface area contributed by atoms with Gasteiger partial charge in [0.1, 0.15) is 11.5 Å². The second-order valence-corrected chi connectivity index (χ2v) is 3.20. The van der Waals surface area contributed by atoms with Crippen molar-refractivity contribution >= 4 is 34.7 Å². The molecule has 0 saturated carbocycles. The lowest BCUT2D eigenvalue weighted by Gasteiger charge is -2.01. The molecule has 1 rings (SSSR count). The van der Waals surface area contributed by atoms with Crippen LogP contribution >= 0.6 is 11.6 Å². The molecular formula is C9H10ClN5. The number of aliphatic imine (C=N–C) groups is 1. The topological polar surface area (TPSA) is 112 Å². The van der Waals surface area contributed by atoms with Crippen molar-refractivity contribution in [3.63, 3.8) is 0 Å². The van der Waals surface area contributed by atoms with Crippen molar-refractivity contribution in [3.8, 4) is 0 Å². The molecule has 0 amide bonds.